The van der Waals surface area contributed by atoms with Crippen molar-refractivity contribution in [2.75, 3.05) is 0 Å². The van der Waals surface area contributed by atoms with Crippen LogP contribution < -0.4 is 4.74 Å². The molecule has 0 spiro atoms. The SMILES string of the molecule is Cc1cccc(C2(C)C[C@@H](O)c3ccccc3O2)c1. The summed E-state index contributed by atoms with van der Waals surface area (Å²) in [6, 6.07) is 16.0. The molecule has 0 amide bonds. The lowest BCUT2D eigenvalue weighted by Gasteiger charge is -2.38. The molecule has 0 saturated heterocycles. The van der Waals surface area contributed by atoms with Gasteiger partial charge in [-0.2, -0.15) is 0 Å². The molecule has 0 bridgehead atoms. The second kappa shape index (κ2) is 4.39. The van der Waals surface area contributed by atoms with Crippen LogP contribution in [0.2, 0.25) is 0 Å². The van der Waals surface area contributed by atoms with E-state index in [1.165, 1.54) is 5.56 Å². The maximum atomic E-state index is 10.3. The fourth-order valence-electron chi connectivity index (χ4n) is 2.76. The van der Waals surface area contributed by atoms with Gasteiger partial charge in [0.2, 0.25) is 0 Å². The van der Waals surface area contributed by atoms with Crippen molar-refractivity contribution in [1.82, 2.24) is 0 Å². The summed E-state index contributed by atoms with van der Waals surface area (Å²) in [6.07, 6.45) is 0.100. The van der Waals surface area contributed by atoms with Gasteiger partial charge in [0.05, 0.1) is 6.10 Å². The van der Waals surface area contributed by atoms with Crippen LogP contribution in [0.25, 0.3) is 0 Å². The van der Waals surface area contributed by atoms with E-state index < -0.39 is 11.7 Å². The molecule has 2 nitrogen and oxygen atoms in total. The van der Waals surface area contributed by atoms with E-state index in [4.69, 9.17) is 4.74 Å². The highest BCUT2D eigenvalue weighted by atomic mass is 16.5. The normalized spacial score (nSPS) is 25.5. The summed E-state index contributed by atoms with van der Waals surface area (Å²) >= 11 is 0. The summed E-state index contributed by atoms with van der Waals surface area (Å²) < 4.78 is 6.17. The van der Waals surface area contributed by atoms with Crippen molar-refractivity contribution in [3.8, 4) is 5.75 Å². The van der Waals surface area contributed by atoms with Gasteiger partial charge in [-0.15, -0.1) is 0 Å². The molecule has 98 valence electrons. The molecule has 19 heavy (non-hydrogen) atoms. The van der Waals surface area contributed by atoms with Crippen molar-refractivity contribution in [3.63, 3.8) is 0 Å². The van der Waals surface area contributed by atoms with Gasteiger partial charge in [-0.1, -0.05) is 48.0 Å². The molecule has 0 saturated carbocycles. The van der Waals surface area contributed by atoms with E-state index in [1.54, 1.807) is 0 Å². The molecule has 2 heteroatoms. The van der Waals surface area contributed by atoms with Crippen LogP contribution in [0.1, 0.15) is 36.1 Å². The minimum atomic E-state index is -0.476. The molecule has 0 aromatic heterocycles. The van der Waals surface area contributed by atoms with E-state index in [0.717, 1.165) is 16.9 Å². The van der Waals surface area contributed by atoms with Gasteiger partial charge in [0.1, 0.15) is 11.4 Å². The third-order valence-corrected chi connectivity index (χ3v) is 3.82. The summed E-state index contributed by atoms with van der Waals surface area (Å²) in [5.74, 6) is 0.783. The van der Waals surface area contributed by atoms with Gasteiger partial charge in [-0.05, 0) is 25.5 Å². The monoisotopic (exact) mass is 254 g/mol. The smallest absolute Gasteiger partial charge is 0.134 e. The van der Waals surface area contributed by atoms with Crippen LogP contribution in [0.5, 0.6) is 5.75 Å². The Kier molecular flexibility index (Phi) is 2.83. The Bertz CT molecular complexity index is 606. The number of rotatable bonds is 1. The first-order valence-corrected chi connectivity index (χ1v) is 6.62. The summed E-state index contributed by atoms with van der Waals surface area (Å²) in [4.78, 5) is 0. The highest BCUT2D eigenvalue weighted by Crippen LogP contribution is 2.44. The molecular weight excluding hydrogens is 236 g/mol. The molecule has 0 radical (unpaired) electrons. The molecule has 1 N–H and O–H groups in total. The van der Waals surface area contributed by atoms with Gasteiger partial charge in [0.25, 0.3) is 0 Å². The number of hydrogen-bond acceptors (Lipinski definition) is 2. The fourth-order valence-corrected chi connectivity index (χ4v) is 2.76. The average Bonchev–Trinajstić information content (AvgIpc) is 2.38. The predicted octanol–water partition coefficient (Wildman–Crippen LogP) is 3.73. The molecule has 2 aromatic carbocycles. The standard InChI is InChI=1S/C17H18O2/c1-12-6-5-7-13(10-12)17(2)11-15(18)14-8-3-4-9-16(14)19-17/h3-10,15,18H,11H2,1-2H3/t15-,17?/m1/s1. The lowest BCUT2D eigenvalue weighted by atomic mass is 9.84. The molecule has 1 unspecified atom stereocenters. The predicted molar refractivity (Wildman–Crippen MR) is 75.2 cm³/mol. The molecular formula is C17H18O2. The average molecular weight is 254 g/mol. The fraction of sp³-hybridized carbons (Fsp3) is 0.294. The number of hydrogen-bond donors (Lipinski definition) is 1. The first kappa shape index (κ1) is 12.2. The van der Waals surface area contributed by atoms with Crippen molar-refractivity contribution in [2.24, 2.45) is 0 Å². The maximum Gasteiger partial charge on any atom is 0.134 e. The summed E-state index contributed by atoms with van der Waals surface area (Å²) in [6.45, 7) is 4.11. The van der Waals surface area contributed by atoms with Crippen LogP contribution in [-0.4, -0.2) is 5.11 Å². The first-order chi connectivity index (χ1) is 9.08. The highest BCUT2D eigenvalue weighted by Gasteiger charge is 2.37. The van der Waals surface area contributed by atoms with Crippen LogP contribution in [0.4, 0.5) is 0 Å². The van der Waals surface area contributed by atoms with E-state index in [9.17, 15) is 5.11 Å². The van der Waals surface area contributed by atoms with Gasteiger partial charge in [-0.3, -0.25) is 0 Å². The zero-order valence-corrected chi connectivity index (χ0v) is 11.3. The van der Waals surface area contributed by atoms with E-state index in [1.807, 2.05) is 37.3 Å². The Morgan fingerprint density at radius 3 is 2.74 bits per heavy atom. The number of para-hydroxylation sites is 1. The van der Waals surface area contributed by atoms with Gasteiger partial charge in [0, 0.05) is 12.0 Å². The minimum absolute atomic E-state index is 0.472. The lowest BCUT2D eigenvalue weighted by Crippen LogP contribution is -2.35. The molecule has 0 fully saturated rings. The van der Waals surface area contributed by atoms with E-state index in [0.29, 0.717) is 6.42 Å². The van der Waals surface area contributed by atoms with Crippen molar-refractivity contribution in [2.45, 2.75) is 32.0 Å². The van der Waals surface area contributed by atoms with Crippen molar-refractivity contribution < 1.29 is 9.84 Å². The Balaban J connectivity index is 2.04. The summed E-state index contributed by atoms with van der Waals surface area (Å²) in [5, 5.41) is 10.3. The third-order valence-electron chi connectivity index (χ3n) is 3.82. The van der Waals surface area contributed by atoms with Crippen LogP contribution in [-0.2, 0) is 5.60 Å². The van der Waals surface area contributed by atoms with Gasteiger partial charge in [-0.25, -0.2) is 0 Å². The van der Waals surface area contributed by atoms with Crippen molar-refractivity contribution >= 4 is 0 Å². The number of aliphatic hydroxyl groups is 1. The molecule has 3 rings (SSSR count). The Morgan fingerprint density at radius 1 is 1.16 bits per heavy atom. The Hall–Kier alpha value is -1.80. The topological polar surface area (TPSA) is 29.5 Å². The van der Waals surface area contributed by atoms with E-state index >= 15 is 0 Å². The van der Waals surface area contributed by atoms with Crippen LogP contribution >= 0.6 is 0 Å². The molecule has 1 aliphatic rings. The highest BCUT2D eigenvalue weighted by molar-refractivity contribution is 5.40. The summed E-state index contributed by atoms with van der Waals surface area (Å²) in [5.41, 5.74) is 2.73. The van der Waals surface area contributed by atoms with Gasteiger partial charge < -0.3 is 9.84 Å². The minimum Gasteiger partial charge on any atom is -0.482 e. The maximum absolute atomic E-state index is 10.3. The second-order valence-electron chi connectivity index (χ2n) is 5.46. The number of benzene rings is 2. The second-order valence-corrected chi connectivity index (χ2v) is 5.46. The number of aryl methyl sites for hydroxylation is 1. The zero-order valence-electron chi connectivity index (χ0n) is 11.3. The number of ether oxygens (including phenoxy) is 1. The van der Waals surface area contributed by atoms with Crippen molar-refractivity contribution in [3.05, 3.63) is 65.2 Å². The van der Waals surface area contributed by atoms with Crippen molar-refractivity contribution in [1.29, 1.82) is 0 Å². The lowest BCUT2D eigenvalue weighted by molar-refractivity contribution is -0.00487. The number of fused-ring (bicyclic) bond motifs is 1. The molecule has 2 atom stereocenters. The van der Waals surface area contributed by atoms with Gasteiger partial charge in [0.15, 0.2) is 0 Å². The van der Waals surface area contributed by atoms with Crippen LogP contribution in [0.15, 0.2) is 48.5 Å². The Labute approximate surface area is 113 Å². The van der Waals surface area contributed by atoms with E-state index in [-0.39, 0.29) is 0 Å². The third kappa shape index (κ3) is 2.13. The quantitative estimate of drug-likeness (QED) is 0.840. The molecule has 1 aliphatic heterocycles. The molecule has 0 aliphatic carbocycles. The zero-order chi connectivity index (χ0) is 13.5. The van der Waals surface area contributed by atoms with Crippen LogP contribution in [0, 0.1) is 6.92 Å². The first-order valence-electron chi connectivity index (χ1n) is 6.62. The Morgan fingerprint density at radius 2 is 1.95 bits per heavy atom. The molecule has 2 aromatic rings. The largest absolute Gasteiger partial charge is 0.482 e. The summed E-state index contributed by atoms with van der Waals surface area (Å²) in [7, 11) is 0. The van der Waals surface area contributed by atoms with Crippen LogP contribution in [0.3, 0.4) is 0 Å². The van der Waals surface area contributed by atoms with E-state index in [2.05, 4.69) is 25.1 Å². The number of aliphatic hydroxyl groups excluding tert-OH is 1. The molecule has 1 heterocycles. The van der Waals surface area contributed by atoms with Gasteiger partial charge >= 0.3 is 0 Å².